The van der Waals surface area contributed by atoms with Crippen LogP contribution in [-0.2, 0) is 4.79 Å². The number of rotatable bonds is 3. The van der Waals surface area contributed by atoms with E-state index < -0.39 is 35.7 Å². The Morgan fingerprint density at radius 1 is 1.24 bits per heavy atom. The van der Waals surface area contributed by atoms with Gasteiger partial charge in [0.25, 0.3) is 0 Å². The minimum atomic E-state index is -1.85. The Morgan fingerprint density at radius 3 is 2.62 bits per heavy atom. The van der Waals surface area contributed by atoms with E-state index in [0.717, 1.165) is 30.5 Å². The number of hydrogen-bond donors (Lipinski definition) is 3. The third-order valence-corrected chi connectivity index (χ3v) is 10.5. The summed E-state index contributed by atoms with van der Waals surface area (Å²) in [6.07, 6.45) is 9.59. The van der Waals surface area contributed by atoms with Crippen LogP contribution in [0.1, 0.15) is 77.5 Å². The standard InChI is InChI=1S/C27H37N3O4/c1-14-11-26-15(2)9-19-21(25(19,3)4)18(24(26)33)10-17(13-31)23(32)27(26,34)22(14)30-12-20(28-29-30)16-7-5-6-8-16/h10-12,15-16,18-19,21-23,31-32,34H,5-9,13H2,1-4H3/t15-,18+,19-,21+,22+,23-,26+,27-/m1/s1. The Kier molecular flexibility index (Phi) is 4.73. The molecule has 34 heavy (non-hydrogen) atoms. The first kappa shape index (κ1) is 22.6. The molecular weight excluding hydrogens is 430 g/mol. The van der Waals surface area contributed by atoms with E-state index in [2.05, 4.69) is 24.2 Å². The molecule has 1 aromatic rings. The van der Waals surface area contributed by atoms with Crippen LogP contribution in [0.15, 0.2) is 29.5 Å². The maximum absolute atomic E-state index is 14.4. The average Bonchev–Trinajstić information content (AvgIpc) is 3.29. The molecule has 5 aliphatic rings. The number of aromatic nitrogens is 3. The molecule has 1 spiro atoms. The lowest BCUT2D eigenvalue weighted by Crippen LogP contribution is -2.63. The molecule has 0 radical (unpaired) electrons. The van der Waals surface area contributed by atoms with E-state index >= 15 is 0 Å². The van der Waals surface area contributed by atoms with E-state index in [-0.39, 0.29) is 23.0 Å². The number of fused-ring (bicyclic) bond motifs is 3. The van der Waals surface area contributed by atoms with Crippen LogP contribution in [0, 0.1) is 34.5 Å². The summed E-state index contributed by atoms with van der Waals surface area (Å²) in [6, 6.07) is -0.729. The fourth-order valence-corrected chi connectivity index (χ4v) is 8.67. The molecule has 3 fully saturated rings. The fraction of sp³-hybridized carbons (Fsp3) is 0.741. The number of carbonyl (C=O) groups is 1. The van der Waals surface area contributed by atoms with Gasteiger partial charge in [-0.05, 0) is 60.5 Å². The quantitative estimate of drug-likeness (QED) is 0.590. The number of nitrogens with zero attached hydrogens (tertiary/aromatic N) is 3. The van der Waals surface area contributed by atoms with Gasteiger partial charge in [0.05, 0.1) is 17.7 Å². The van der Waals surface area contributed by atoms with E-state index in [1.54, 1.807) is 10.8 Å². The highest BCUT2D eigenvalue weighted by molar-refractivity contribution is 5.95. The summed E-state index contributed by atoms with van der Waals surface area (Å²) < 4.78 is 1.67. The van der Waals surface area contributed by atoms with Gasteiger partial charge in [0.1, 0.15) is 17.7 Å². The third-order valence-electron chi connectivity index (χ3n) is 10.5. The lowest BCUT2D eigenvalue weighted by molar-refractivity contribution is -0.175. The van der Waals surface area contributed by atoms with Crippen LogP contribution in [0.3, 0.4) is 0 Å². The molecule has 7 nitrogen and oxygen atoms in total. The van der Waals surface area contributed by atoms with Crippen LogP contribution in [0.4, 0.5) is 0 Å². The Labute approximate surface area is 200 Å². The molecule has 0 amide bonds. The smallest absolute Gasteiger partial charge is 0.153 e. The first-order chi connectivity index (χ1) is 16.1. The van der Waals surface area contributed by atoms with Crippen LogP contribution in [0.5, 0.6) is 0 Å². The van der Waals surface area contributed by atoms with Gasteiger partial charge in [-0.15, -0.1) is 5.10 Å². The summed E-state index contributed by atoms with van der Waals surface area (Å²) in [5.41, 5.74) is -1.00. The Balaban J connectivity index is 1.52. The van der Waals surface area contributed by atoms with Crippen molar-refractivity contribution in [2.24, 2.45) is 34.5 Å². The van der Waals surface area contributed by atoms with Crippen LogP contribution >= 0.6 is 0 Å². The molecule has 0 unspecified atom stereocenters. The number of carbonyl (C=O) groups excluding carboxylic acids is 1. The summed E-state index contributed by atoms with van der Waals surface area (Å²) in [6.45, 7) is 7.98. The molecule has 1 heterocycles. The van der Waals surface area contributed by atoms with Gasteiger partial charge in [-0.3, -0.25) is 4.79 Å². The molecule has 6 rings (SSSR count). The van der Waals surface area contributed by atoms with Crippen LogP contribution < -0.4 is 0 Å². The fourth-order valence-electron chi connectivity index (χ4n) is 8.67. The Bertz CT molecular complexity index is 1100. The van der Waals surface area contributed by atoms with E-state index in [1.165, 1.54) is 12.8 Å². The van der Waals surface area contributed by atoms with Gasteiger partial charge in [0.15, 0.2) is 5.78 Å². The number of aliphatic hydroxyl groups excluding tert-OH is 2. The molecule has 3 N–H and O–H groups in total. The van der Waals surface area contributed by atoms with Crippen molar-refractivity contribution in [3.63, 3.8) is 0 Å². The molecule has 1 aromatic heterocycles. The molecule has 8 atom stereocenters. The summed E-state index contributed by atoms with van der Waals surface area (Å²) in [5.74, 6) is 0.283. The van der Waals surface area contributed by atoms with E-state index in [1.807, 2.05) is 26.1 Å². The second-order valence-corrected chi connectivity index (χ2v) is 12.4. The summed E-state index contributed by atoms with van der Waals surface area (Å²) in [7, 11) is 0. The SMILES string of the molecule is CC1=C[C@]23C(=O)[C@@H](C=C(CO)[C@@H](O)[C@]2(O)[C@H]1n1cc(C2CCCC2)nn1)[C@H]1[C@@H](C[C@H]3C)C1(C)C. The van der Waals surface area contributed by atoms with Gasteiger partial charge in [-0.2, -0.15) is 0 Å². The number of Topliss-reactive ketones (excluding diaryl/α,β-unsaturated/α-hetero) is 1. The lowest BCUT2D eigenvalue weighted by Gasteiger charge is -2.49. The highest BCUT2D eigenvalue weighted by Gasteiger charge is 2.76. The van der Waals surface area contributed by atoms with E-state index in [9.17, 15) is 20.1 Å². The largest absolute Gasteiger partial charge is 0.392 e. The van der Waals surface area contributed by atoms with Gasteiger partial charge in [0.2, 0.25) is 0 Å². The van der Waals surface area contributed by atoms with Crippen molar-refractivity contribution >= 4 is 5.78 Å². The van der Waals surface area contributed by atoms with Gasteiger partial charge in [0, 0.05) is 18.0 Å². The van der Waals surface area contributed by atoms with Gasteiger partial charge in [-0.25, -0.2) is 4.68 Å². The second kappa shape index (κ2) is 7.11. The van der Waals surface area contributed by atoms with Crippen molar-refractivity contribution in [2.75, 3.05) is 6.61 Å². The summed E-state index contributed by atoms with van der Waals surface area (Å²) >= 11 is 0. The number of allylic oxidation sites excluding steroid dienone is 1. The van der Waals surface area contributed by atoms with Crippen LogP contribution in [0.2, 0.25) is 0 Å². The highest BCUT2D eigenvalue weighted by Crippen LogP contribution is 2.72. The number of hydrogen-bond acceptors (Lipinski definition) is 6. The normalized spacial score (nSPS) is 45.2. The molecular formula is C27H37N3O4. The lowest BCUT2D eigenvalue weighted by atomic mass is 9.58. The Morgan fingerprint density at radius 2 is 1.94 bits per heavy atom. The topological polar surface area (TPSA) is 108 Å². The van der Waals surface area contributed by atoms with Crippen LogP contribution in [-0.4, -0.2) is 54.4 Å². The molecule has 7 heteroatoms. The van der Waals surface area contributed by atoms with Crippen molar-refractivity contribution in [3.05, 3.63) is 35.2 Å². The predicted octanol–water partition coefficient (Wildman–Crippen LogP) is 2.94. The third kappa shape index (κ3) is 2.56. The van der Waals surface area contributed by atoms with Crippen molar-refractivity contribution in [2.45, 2.75) is 83.5 Å². The maximum atomic E-state index is 14.4. The van der Waals surface area contributed by atoms with Crippen LogP contribution in [0.25, 0.3) is 0 Å². The number of aliphatic hydroxyl groups is 3. The monoisotopic (exact) mass is 467 g/mol. The second-order valence-electron chi connectivity index (χ2n) is 12.4. The molecule has 0 aliphatic heterocycles. The average molecular weight is 468 g/mol. The molecule has 184 valence electrons. The Hall–Kier alpha value is -1.83. The summed E-state index contributed by atoms with van der Waals surface area (Å²) in [4.78, 5) is 14.4. The zero-order valence-electron chi connectivity index (χ0n) is 20.6. The molecule has 3 saturated carbocycles. The van der Waals surface area contributed by atoms with Gasteiger partial charge < -0.3 is 15.3 Å². The first-order valence-corrected chi connectivity index (χ1v) is 13.0. The zero-order valence-corrected chi connectivity index (χ0v) is 20.6. The molecule has 0 aromatic carbocycles. The number of ketones is 1. The summed E-state index contributed by atoms with van der Waals surface area (Å²) in [5, 5.41) is 43.5. The van der Waals surface area contributed by atoms with Crippen molar-refractivity contribution in [1.82, 2.24) is 15.0 Å². The highest BCUT2D eigenvalue weighted by atomic mass is 16.3. The zero-order chi connectivity index (χ0) is 24.2. The van der Waals surface area contributed by atoms with Gasteiger partial charge in [-0.1, -0.05) is 51.0 Å². The maximum Gasteiger partial charge on any atom is 0.153 e. The van der Waals surface area contributed by atoms with Crippen molar-refractivity contribution in [1.29, 1.82) is 0 Å². The van der Waals surface area contributed by atoms with Crippen molar-refractivity contribution < 1.29 is 20.1 Å². The minimum absolute atomic E-state index is 0.0268. The molecule has 5 aliphatic carbocycles. The molecule has 2 bridgehead atoms. The van der Waals surface area contributed by atoms with E-state index in [4.69, 9.17) is 0 Å². The van der Waals surface area contributed by atoms with Crippen molar-refractivity contribution in [3.8, 4) is 0 Å². The van der Waals surface area contributed by atoms with Gasteiger partial charge >= 0.3 is 0 Å². The van der Waals surface area contributed by atoms with E-state index in [0.29, 0.717) is 17.4 Å². The first-order valence-electron chi connectivity index (χ1n) is 13.0. The molecule has 0 saturated heterocycles. The minimum Gasteiger partial charge on any atom is -0.392 e. The predicted molar refractivity (Wildman–Crippen MR) is 126 cm³/mol.